The minimum absolute atomic E-state index is 0.176. The molecule has 1 heterocycles. The van der Waals surface area contributed by atoms with Crippen molar-refractivity contribution in [3.8, 4) is 0 Å². The van der Waals surface area contributed by atoms with Gasteiger partial charge in [0.1, 0.15) is 0 Å². The lowest BCUT2D eigenvalue weighted by molar-refractivity contribution is 0.0690. The normalized spacial score (nSPS) is 21.4. The van der Waals surface area contributed by atoms with Gasteiger partial charge in [0.05, 0.1) is 0 Å². The third kappa shape index (κ3) is 3.74. The van der Waals surface area contributed by atoms with Crippen LogP contribution in [0.25, 0.3) is 0 Å². The molecular weight excluding hydrogens is 196 g/mol. The summed E-state index contributed by atoms with van der Waals surface area (Å²) >= 11 is 0. The molecule has 0 aromatic heterocycles. The minimum atomic E-state index is 0.176. The van der Waals surface area contributed by atoms with Crippen molar-refractivity contribution < 1.29 is 0 Å². The molecule has 1 aliphatic heterocycles. The lowest BCUT2D eigenvalue weighted by atomic mass is 9.86. The molecule has 0 aliphatic carbocycles. The van der Waals surface area contributed by atoms with E-state index < -0.39 is 0 Å². The fourth-order valence-electron chi connectivity index (χ4n) is 2.57. The molecule has 0 bridgehead atoms. The topological polar surface area (TPSA) is 29.3 Å². The van der Waals surface area contributed by atoms with Gasteiger partial charge < -0.3 is 5.73 Å². The smallest absolute Gasteiger partial charge is 0.0304 e. The van der Waals surface area contributed by atoms with Gasteiger partial charge in [0.2, 0.25) is 0 Å². The van der Waals surface area contributed by atoms with Gasteiger partial charge in [-0.1, -0.05) is 20.3 Å². The van der Waals surface area contributed by atoms with Crippen LogP contribution in [0.2, 0.25) is 0 Å². The van der Waals surface area contributed by atoms with Crippen LogP contribution in [-0.4, -0.2) is 29.6 Å². The van der Waals surface area contributed by atoms with Crippen molar-refractivity contribution in [3.63, 3.8) is 0 Å². The largest absolute Gasteiger partial charge is 0.326 e. The van der Waals surface area contributed by atoms with E-state index in [0.29, 0.717) is 6.04 Å². The molecule has 0 aromatic carbocycles. The van der Waals surface area contributed by atoms with E-state index in [9.17, 15) is 0 Å². The lowest BCUT2D eigenvalue weighted by Crippen LogP contribution is -2.57. The summed E-state index contributed by atoms with van der Waals surface area (Å²) < 4.78 is 0. The SMILES string of the molecule is CC(C)CCC(N)C(C)(C)N1CCCCC1. The van der Waals surface area contributed by atoms with E-state index in [1.165, 1.54) is 38.8 Å². The molecule has 0 saturated carbocycles. The van der Waals surface area contributed by atoms with Crippen LogP contribution in [-0.2, 0) is 0 Å². The molecule has 2 heteroatoms. The van der Waals surface area contributed by atoms with Gasteiger partial charge in [-0.15, -0.1) is 0 Å². The Hall–Kier alpha value is -0.0800. The maximum absolute atomic E-state index is 6.39. The molecule has 1 aliphatic rings. The number of rotatable bonds is 5. The van der Waals surface area contributed by atoms with Crippen LogP contribution in [0.15, 0.2) is 0 Å². The molecule has 0 spiro atoms. The van der Waals surface area contributed by atoms with Crippen LogP contribution in [0.4, 0.5) is 0 Å². The van der Waals surface area contributed by atoms with Gasteiger partial charge in [-0.25, -0.2) is 0 Å². The molecule has 16 heavy (non-hydrogen) atoms. The summed E-state index contributed by atoms with van der Waals surface area (Å²) in [4.78, 5) is 2.60. The van der Waals surface area contributed by atoms with E-state index in [1.807, 2.05) is 0 Å². The number of likely N-dealkylation sites (tertiary alicyclic amines) is 1. The average Bonchev–Trinajstić information content (AvgIpc) is 2.27. The third-order valence-corrected chi connectivity index (χ3v) is 4.13. The van der Waals surface area contributed by atoms with Crippen molar-refractivity contribution in [3.05, 3.63) is 0 Å². The molecule has 1 atom stereocenters. The first-order valence-electron chi connectivity index (χ1n) is 6.95. The Labute approximate surface area is 102 Å². The second-order valence-electron chi connectivity index (χ2n) is 6.28. The highest BCUT2D eigenvalue weighted by Crippen LogP contribution is 2.25. The molecule has 96 valence electrons. The highest BCUT2D eigenvalue weighted by molar-refractivity contribution is 4.92. The van der Waals surface area contributed by atoms with E-state index in [1.54, 1.807) is 0 Å². The highest BCUT2D eigenvalue weighted by Gasteiger charge is 2.33. The lowest BCUT2D eigenvalue weighted by Gasteiger charge is -2.45. The predicted molar refractivity (Wildman–Crippen MR) is 71.6 cm³/mol. The number of hydrogen-bond acceptors (Lipinski definition) is 2. The fourth-order valence-corrected chi connectivity index (χ4v) is 2.57. The van der Waals surface area contributed by atoms with Crippen molar-refractivity contribution in [2.45, 2.75) is 71.4 Å². The van der Waals surface area contributed by atoms with Gasteiger partial charge in [0.15, 0.2) is 0 Å². The highest BCUT2D eigenvalue weighted by atomic mass is 15.2. The maximum Gasteiger partial charge on any atom is 0.0304 e. The van der Waals surface area contributed by atoms with E-state index in [0.717, 1.165) is 12.3 Å². The second kappa shape index (κ2) is 6.02. The van der Waals surface area contributed by atoms with Crippen LogP contribution in [0.5, 0.6) is 0 Å². The Morgan fingerprint density at radius 3 is 2.12 bits per heavy atom. The first kappa shape index (κ1) is 14.0. The molecule has 2 N–H and O–H groups in total. The van der Waals surface area contributed by atoms with Crippen molar-refractivity contribution in [1.29, 1.82) is 0 Å². The van der Waals surface area contributed by atoms with E-state index in [2.05, 4.69) is 32.6 Å². The quantitative estimate of drug-likeness (QED) is 0.781. The monoisotopic (exact) mass is 226 g/mol. The minimum Gasteiger partial charge on any atom is -0.326 e. The summed E-state index contributed by atoms with van der Waals surface area (Å²) in [6, 6.07) is 0.313. The van der Waals surface area contributed by atoms with E-state index >= 15 is 0 Å². The van der Waals surface area contributed by atoms with Gasteiger partial charge in [0, 0.05) is 11.6 Å². The Morgan fingerprint density at radius 2 is 1.62 bits per heavy atom. The number of nitrogens with zero attached hydrogens (tertiary/aromatic N) is 1. The summed E-state index contributed by atoms with van der Waals surface area (Å²) in [7, 11) is 0. The zero-order chi connectivity index (χ0) is 12.2. The van der Waals surface area contributed by atoms with E-state index in [4.69, 9.17) is 5.73 Å². The summed E-state index contributed by atoms with van der Waals surface area (Å²) in [5.74, 6) is 0.767. The Balaban J connectivity index is 2.46. The standard InChI is InChI=1S/C14H30N2/c1-12(2)8-9-13(15)14(3,4)16-10-6-5-7-11-16/h12-13H,5-11,15H2,1-4H3. The predicted octanol–water partition coefficient (Wildman–Crippen LogP) is 3.01. The van der Waals surface area contributed by atoms with Gasteiger partial charge in [-0.2, -0.15) is 0 Å². The van der Waals surface area contributed by atoms with Crippen molar-refractivity contribution in [1.82, 2.24) is 4.90 Å². The van der Waals surface area contributed by atoms with Crippen LogP contribution in [0.3, 0.4) is 0 Å². The van der Waals surface area contributed by atoms with Crippen LogP contribution < -0.4 is 5.73 Å². The van der Waals surface area contributed by atoms with Crippen LogP contribution in [0, 0.1) is 5.92 Å². The first-order chi connectivity index (χ1) is 7.44. The molecule has 0 amide bonds. The fraction of sp³-hybridized carbons (Fsp3) is 1.00. The number of nitrogens with two attached hydrogens (primary N) is 1. The van der Waals surface area contributed by atoms with Gasteiger partial charge in [-0.3, -0.25) is 4.90 Å². The molecule has 0 radical (unpaired) electrons. The van der Waals surface area contributed by atoms with Gasteiger partial charge in [0.25, 0.3) is 0 Å². The summed E-state index contributed by atoms with van der Waals surface area (Å²) in [6.07, 6.45) is 6.49. The van der Waals surface area contributed by atoms with Crippen LogP contribution >= 0.6 is 0 Å². The first-order valence-corrected chi connectivity index (χ1v) is 6.95. The number of hydrogen-bond donors (Lipinski definition) is 1. The van der Waals surface area contributed by atoms with Gasteiger partial charge in [-0.05, 0) is 58.5 Å². The molecular formula is C14H30N2. The van der Waals surface area contributed by atoms with Crippen molar-refractivity contribution >= 4 is 0 Å². The summed E-state index contributed by atoms with van der Waals surface area (Å²) in [5.41, 5.74) is 6.56. The molecule has 2 nitrogen and oxygen atoms in total. The van der Waals surface area contributed by atoms with Gasteiger partial charge >= 0.3 is 0 Å². The molecule has 1 unspecified atom stereocenters. The zero-order valence-electron chi connectivity index (χ0n) is 11.6. The molecule has 1 fully saturated rings. The Morgan fingerprint density at radius 1 is 1.06 bits per heavy atom. The van der Waals surface area contributed by atoms with E-state index in [-0.39, 0.29) is 5.54 Å². The Kier molecular flexibility index (Phi) is 5.26. The molecule has 0 aromatic rings. The van der Waals surface area contributed by atoms with Crippen molar-refractivity contribution in [2.24, 2.45) is 11.7 Å². The van der Waals surface area contributed by atoms with Crippen LogP contribution in [0.1, 0.15) is 59.8 Å². The average molecular weight is 226 g/mol. The summed E-state index contributed by atoms with van der Waals surface area (Å²) in [6.45, 7) is 11.7. The third-order valence-electron chi connectivity index (χ3n) is 4.13. The van der Waals surface area contributed by atoms with Crippen molar-refractivity contribution in [2.75, 3.05) is 13.1 Å². The zero-order valence-corrected chi connectivity index (χ0v) is 11.6. The molecule has 1 saturated heterocycles. The Bertz CT molecular complexity index is 193. The second-order valence-corrected chi connectivity index (χ2v) is 6.28. The number of piperidine rings is 1. The molecule has 1 rings (SSSR count). The maximum atomic E-state index is 6.39. The summed E-state index contributed by atoms with van der Waals surface area (Å²) in [5, 5.41) is 0.